The molecule has 2 rings (SSSR count). The Hall–Kier alpha value is -1.45. The summed E-state index contributed by atoms with van der Waals surface area (Å²) < 4.78 is 51.8. The number of aromatic nitrogens is 2. The predicted octanol–water partition coefficient (Wildman–Crippen LogP) is -1.17. The molecule has 1 aliphatic heterocycles. The van der Waals surface area contributed by atoms with Crippen molar-refractivity contribution in [3.63, 3.8) is 0 Å². The molecule has 1 fully saturated rings. The van der Waals surface area contributed by atoms with Crippen molar-refractivity contribution in [1.29, 1.82) is 0 Å². The van der Waals surface area contributed by atoms with Gasteiger partial charge < -0.3 is 40.9 Å². The molecular formula is C12H21N4O13P3. The molecule has 0 bridgehead atoms. The molecule has 0 spiro atoms. The molecule has 32 heavy (non-hydrogen) atoms. The highest BCUT2D eigenvalue weighted by Crippen LogP contribution is 2.66. The van der Waals surface area contributed by atoms with Gasteiger partial charge in [0.1, 0.15) is 18.1 Å². The SMILES string of the molecule is N/C=C/Cc1cn([C@H]2C[C@H](O)[C@@H](COP(=O)(O)OP(=O)(O)OP(=O)(O)O)O2)c(=O)nc1N. The van der Waals surface area contributed by atoms with Crippen molar-refractivity contribution in [3.8, 4) is 0 Å². The van der Waals surface area contributed by atoms with Gasteiger partial charge in [-0.1, -0.05) is 6.08 Å². The Morgan fingerprint density at radius 3 is 2.47 bits per heavy atom. The lowest BCUT2D eigenvalue weighted by Crippen LogP contribution is -2.29. The van der Waals surface area contributed by atoms with E-state index in [2.05, 4.69) is 18.1 Å². The second-order valence-corrected chi connectivity index (χ2v) is 10.7. The maximum absolute atomic E-state index is 12.1. The summed E-state index contributed by atoms with van der Waals surface area (Å²) in [7, 11) is -16.6. The number of hydrogen-bond donors (Lipinski definition) is 7. The van der Waals surface area contributed by atoms with Gasteiger partial charge in [0.2, 0.25) is 0 Å². The number of hydrogen-bond acceptors (Lipinski definition) is 12. The zero-order valence-corrected chi connectivity index (χ0v) is 18.7. The van der Waals surface area contributed by atoms with Crippen molar-refractivity contribution >= 4 is 29.3 Å². The van der Waals surface area contributed by atoms with E-state index in [1.54, 1.807) is 6.08 Å². The van der Waals surface area contributed by atoms with Crippen molar-refractivity contribution < 1.29 is 56.3 Å². The summed E-state index contributed by atoms with van der Waals surface area (Å²) in [6.45, 7) is -0.874. The molecular weight excluding hydrogens is 501 g/mol. The molecule has 1 saturated heterocycles. The van der Waals surface area contributed by atoms with Crippen LogP contribution in [-0.2, 0) is 38.0 Å². The first-order valence-electron chi connectivity index (χ1n) is 8.48. The van der Waals surface area contributed by atoms with Crippen LogP contribution in [0.25, 0.3) is 0 Å². The summed E-state index contributed by atoms with van der Waals surface area (Å²) in [5.74, 6) is -0.0351. The van der Waals surface area contributed by atoms with Crippen LogP contribution in [0.2, 0.25) is 0 Å². The van der Waals surface area contributed by atoms with Gasteiger partial charge in [-0.2, -0.15) is 13.6 Å². The van der Waals surface area contributed by atoms with Gasteiger partial charge in [-0.3, -0.25) is 9.09 Å². The van der Waals surface area contributed by atoms with Gasteiger partial charge in [-0.05, 0) is 12.6 Å². The molecule has 5 atom stereocenters. The van der Waals surface area contributed by atoms with Crippen molar-refractivity contribution in [3.05, 3.63) is 34.5 Å². The number of phosphoric ester groups is 1. The number of allylic oxidation sites excluding steroid dienone is 1. The molecule has 2 heterocycles. The summed E-state index contributed by atoms with van der Waals surface area (Å²) in [4.78, 5) is 51.4. The van der Waals surface area contributed by atoms with Crippen LogP contribution in [-0.4, -0.2) is 53.0 Å². The number of ether oxygens (including phenoxy) is 1. The molecule has 1 aliphatic rings. The van der Waals surface area contributed by atoms with Crippen LogP contribution in [0.5, 0.6) is 0 Å². The van der Waals surface area contributed by atoms with Gasteiger partial charge in [-0.25, -0.2) is 18.5 Å². The van der Waals surface area contributed by atoms with Crippen LogP contribution in [0.1, 0.15) is 18.2 Å². The van der Waals surface area contributed by atoms with Crippen LogP contribution in [0.4, 0.5) is 5.82 Å². The fourth-order valence-corrected chi connectivity index (χ4v) is 5.62. The molecule has 20 heteroatoms. The van der Waals surface area contributed by atoms with Crippen LogP contribution in [0, 0.1) is 0 Å². The molecule has 0 aliphatic carbocycles. The maximum Gasteiger partial charge on any atom is 0.490 e. The standard InChI is InChI=1S/C12H21N4O13P3/c13-3-1-2-7-5-16(12(18)15-11(7)14)10-4-8(17)9(27-10)6-26-31(22,23)29-32(24,25)28-30(19,20)21/h1,3,5,8-10,17H,2,4,6,13H2,(H,22,23)(H,24,25)(H2,14,15,18)(H2,19,20,21)/b3-1+/t8-,9+,10+/m0/s1. The largest absolute Gasteiger partial charge is 0.490 e. The number of nitrogen functional groups attached to an aromatic ring is 1. The fraction of sp³-hybridized carbons (Fsp3) is 0.500. The van der Waals surface area contributed by atoms with Crippen LogP contribution in [0.3, 0.4) is 0 Å². The second-order valence-electron chi connectivity index (χ2n) is 6.29. The minimum absolute atomic E-state index is 0.0351. The Morgan fingerprint density at radius 2 is 1.88 bits per heavy atom. The van der Waals surface area contributed by atoms with Gasteiger partial charge in [0.15, 0.2) is 0 Å². The van der Waals surface area contributed by atoms with E-state index in [4.69, 9.17) is 30.9 Å². The molecule has 1 aromatic heterocycles. The van der Waals surface area contributed by atoms with E-state index in [1.165, 1.54) is 12.4 Å². The number of nitrogens with two attached hydrogens (primary N) is 2. The van der Waals surface area contributed by atoms with E-state index in [9.17, 15) is 28.5 Å². The summed E-state index contributed by atoms with van der Waals surface area (Å²) >= 11 is 0. The number of aliphatic hydroxyl groups excluding tert-OH is 1. The van der Waals surface area contributed by atoms with Crippen molar-refractivity contribution in [2.45, 2.75) is 31.3 Å². The second kappa shape index (κ2) is 10.2. The normalized spacial score (nSPS) is 25.6. The van der Waals surface area contributed by atoms with E-state index < -0.39 is 54.2 Å². The average Bonchev–Trinajstić information content (AvgIpc) is 2.97. The third-order valence-electron chi connectivity index (χ3n) is 3.87. The quantitative estimate of drug-likeness (QED) is 0.178. The highest BCUT2D eigenvalue weighted by atomic mass is 31.3. The maximum atomic E-state index is 12.1. The first kappa shape index (κ1) is 26.8. The number of aliphatic hydroxyl groups is 1. The minimum Gasteiger partial charge on any atom is -0.405 e. The summed E-state index contributed by atoms with van der Waals surface area (Å²) in [6.07, 6.45) is 0.558. The van der Waals surface area contributed by atoms with Gasteiger partial charge in [0.05, 0.1) is 12.7 Å². The predicted molar refractivity (Wildman–Crippen MR) is 104 cm³/mol. The minimum atomic E-state index is -5.68. The van der Waals surface area contributed by atoms with Crippen LogP contribution >= 0.6 is 23.5 Å². The van der Waals surface area contributed by atoms with Gasteiger partial charge >= 0.3 is 29.2 Å². The summed E-state index contributed by atoms with van der Waals surface area (Å²) in [5.41, 5.74) is 10.6. The highest BCUT2D eigenvalue weighted by molar-refractivity contribution is 7.66. The van der Waals surface area contributed by atoms with Gasteiger partial charge in [0.25, 0.3) is 0 Å². The van der Waals surface area contributed by atoms with Crippen LogP contribution in [0.15, 0.2) is 23.3 Å². The van der Waals surface area contributed by atoms with Crippen molar-refractivity contribution in [2.75, 3.05) is 12.3 Å². The lowest BCUT2D eigenvalue weighted by molar-refractivity contribution is -0.0450. The van der Waals surface area contributed by atoms with E-state index in [0.717, 1.165) is 4.57 Å². The smallest absolute Gasteiger partial charge is 0.405 e. The van der Waals surface area contributed by atoms with Crippen molar-refractivity contribution in [2.24, 2.45) is 5.73 Å². The highest BCUT2D eigenvalue weighted by Gasteiger charge is 2.43. The fourth-order valence-electron chi connectivity index (χ4n) is 2.59. The lowest BCUT2D eigenvalue weighted by atomic mass is 10.2. The molecule has 17 nitrogen and oxygen atoms in total. The van der Waals surface area contributed by atoms with E-state index in [1.807, 2.05) is 0 Å². The third-order valence-corrected chi connectivity index (χ3v) is 7.67. The molecule has 0 saturated carbocycles. The molecule has 2 unspecified atom stereocenters. The number of anilines is 1. The molecule has 182 valence electrons. The molecule has 9 N–H and O–H groups in total. The number of nitrogens with zero attached hydrogens (tertiary/aromatic N) is 2. The van der Waals surface area contributed by atoms with Gasteiger partial charge in [-0.15, -0.1) is 0 Å². The Balaban J connectivity index is 2.06. The van der Waals surface area contributed by atoms with E-state index in [0.29, 0.717) is 5.56 Å². The Labute approximate surface area is 179 Å². The topological polar surface area (TPSA) is 276 Å². The van der Waals surface area contributed by atoms with Crippen LogP contribution < -0.4 is 17.2 Å². The molecule has 0 radical (unpaired) electrons. The number of rotatable bonds is 10. The average molecular weight is 522 g/mol. The Bertz CT molecular complexity index is 1060. The zero-order valence-electron chi connectivity index (χ0n) is 16.0. The first-order chi connectivity index (χ1) is 14.6. The third kappa shape index (κ3) is 7.85. The zero-order chi connectivity index (χ0) is 24.3. The van der Waals surface area contributed by atoms with E-state index in [-0.39, 0.29) is 18.7 Å². The molecule has 0 aromatic carbocycles. The molecule has 0 amide bonds. The monoisotopic (exact) mass is 522 g/mol. The molecule has 1 aromatic rings. The Kier molecular flexibility index (Phi) is 8.56. The Morgan fingerprint density at radius 1 is 1.22 bits per heavy atom. The van der Waals surface area contributed by atoms with Crippen molar-refractivity contribution in [1.82, 2.24) is 9.55 Å². The van der Waals surface area contributed by atoms with Gasteiger partial charge in [0, 0.05) is 18.2 Å². The van der Waals surface area contributed by atoms with E-state index >= 15 is 0 Å². The lowest BCUT2D eigenvalue weighted by Gasteiger charge is -2.19. The summed E-state index contributed by atoms with van der Waals surface area (Å²) in [5, 5.41) is 10.1. The first-order valence-corrected chi connectivity index (χ1v) is 13.0. The number of phosphoric acid groups is 3. The summed E-state index contributed by atoms with van der Waals surface area (Å²) in [6, 6.07) is 0.